The maximum Gasteiger partial charge on any atom is 0.255 e. The molecule has 0 aliphatic rings. The van der Waals surface area contributed by atoms with Crippen LogP contribution in [0, 0.1) is 6.92 Å². The summed E-state index contributed by atoms with van der Waals surface area (Å²) in [5.74, 6) is 0.566. The summed E-state index contributed by atoms with van der Waals surface area (Å²) in [4.78, 5) is 18.4. The van der Waals surface area contributed by atoms with E-state index in [9.17, 15) is 4.79 Å². The van der Waals surface area contributed by atoms with Crippen LogP contribution < -0.4 is 10.1 Å². The monoisotopic (exact) mass is 400 g/mol. The number of nitrogens with zero attached hydrogens (tertiary/aromatic N) is 1. The number of aryl methyl sites for hydroxylation is 1. The van der Waals surface area contributed by atoms with Crippen LogP contribution in [0.3, 0.4) is 0 Å². The third-order valence-electron chi connectivity index (χ3n) is 4.59. The van der Waals surface area contributed by atoms with Crippen molar-refractivity contribution in [1.82, 2.24) is 4.98 Å². The highest BCUT2D eigenvalue weighted by molar-refractivity contribution is 7.15. The zero-order chi connectivity index (χ0) is 20.2. The minimum Gasteiger partial charge on any atom is -0.497 e. The first-order chi connectivity index (χ1) is 14.1. The first-order valence-electron chi connectivity index (χ1n) is 9.23. The van der Waals surface area contributed by atoms with E-state index in [2.05, 4.69) is 24.4 Å². The van der Waals surface area contributed by atoms with E-state index in [0.717, 1.165) is 33.3 Å². The summed E-state index contributed by atoms with van der Waals surface area (Å²) in [6, 6.07) is 25.0. The van der Waals surface area contributed by atoms with E-state index in [4.69, 9.17) is 9.72 Å². The lowest BCUT2D eigenvalue weighted by molar-refractivity contribution is 0.102. The lowest BCUT2D eigenvalue weighted by Gasteiger charge is -2.07. The fourth-order valence-electron chi connectivity index (χ4n) is 3.03. The number of thiazole rings is 1. The SMILES string of the molecule is COc1ccc(C(=O)Nc2ccc(-c3nc(-c4ccccc4)sc3C)cc2)cc1. The fourth-order valence-corrected chi connectivity index (χ4v) is 3.97. The second kappa shape index (κ2) is 8.29. The lowest BCUT2D eigenvalue weighted by Crippen LogP contribution is -2.11. The first kappa shape index (κ1) is 18.9. The van der Waals surface area contributed by atoms with Gasteiger partial charge in [0.2, 0.25) is 0 Å². The van der Waals surface area contributed by atoms with E-state index in [1.807, 2.05) is 42.5 Å². The number of aromatic nitrogens is 1. The van der Waals surface area contributed by atoms with Crippen molar-refractivity contribution in [1.29, 1.82) is 0 Å². The molecule has 4 rings (SSSR count). The van der Waals surface area contributed by atoms with Crippen molar-refractivity contribution < 1.29 is 9.53 Å². The molecule has 0 aliphatic heterocycles. The van der Waals surface area contributed by atoms with Gasteiger partial charge in [0.05, 0.1) is 12.8 Å². The van der Waals surface area contributed by atoms with Gasteiger partial charge in [0, 0.05) is 27.3 Å². The Labute approximate surface area is 173 Å². The van der Waals surface area contributed by atoms with Crippen molar-refractivity contribution in [3.63, 3.8) is 0 Å². The number of amides is 1. The van der Waals surface area contributed by atoms with E-state index < -0.39 is 0 Å². The van der Waals surface area contributed by atoms with Crippen LogP contribution in [0.25, 0.3) is 21.8 Å². The number of carbonyl (C=O) groups is 1. The number of hydrogen-bond donors (Lipinski definition) is 1. The molecule has 0 radical (unpaired) electrons. The molecule has 0 atom stereocenters. The van der Waals surface area contributed by atoms with Crippen molar-refractivity contribution in [2.24, 2.45) is 0 Å². The molecule has 0 bridgehead atoms. The Morgan fingerprint density at radius 1 is 0.897 bits per heavy atom. The van der Waals surface area contributed by atoms with Gasteiger partial charge in [-0.3, -0.25) is 4.79 Å². The van der Waals surface area contributed by atoms with Gasteiger partial charge in [0.25, 0.3) is 5.91 Å². The summed E-state index contributed by atoms with van der Waals surface area (Å²) < 4.78 is 5.13. The van der Waals surface area contributed by atoms with Crippen molar-refractivity contribution in [3.8, 4) is 27.6 Å². The first-order valence-corrected chi connectivity index (χ1v) is 10.0. The summed E-state index contributed by atoms with van der Waals surface area (Å²) in [5, 5.41) is 3.93. The molecule has 0 unspecified atom stereocenters. The minimum atomic E-state index is -0.156. The van der Waals surface area contributed by atoms with Crippen molar-refractivity contribution in [2.75, 3.05) is 12.4 Å². The summed E-state index contributed by atoms with van der Waals surface area (Å²) in [7, 11) is 1.60. The Morgan fingerprint density at radius 3 is 2.24 bits per heavy atom. The Hall–Kier alpha value is -3.44. The van der Waals surface area contributed by atoms with Gasteiger partial charge in [-0.25, -0.2) is 4.98 Å². The molecular weight excluding hydrogens is 380 g/mol. The zero-order valence-electron chi connectivity index (χ0n) is 16.2. The predicted molar refractivity (Wildman–Crippen MR) is 119 cm³/mol. The Kier molecular flexibility index (Phi) is 5.40. The summed E-state index contributed by atoms with van der Waals surface area (Å²) in [6.07, 6.45) is 0. The van der Waals surface area contributed by atoms with E-state index in [-0.39, 0.29) is 5.91 Å². The molecule has 0 saturated heterocycles. The van der Waals surface area contributed by atoms with E-state index in [1.165, 1.54) is 4.88 Å². The number of anilines is 1. The predicted octanol–water partition coefficient (Wildman–Crippen LogP) is 6.05. The number of nitrogens with one attached hydrogen (secondary N) is 1. The third kappa shape index (κ3) is 4.20. The molecule has 1 N–H and O–H groups in total. The zero-order valence-corrected chi connectivity index (χ0v) is 17.0. The molecule has 4 nitrogen and oxygen atoms in total. The van der Waals surface area contributed by atoms with Crippen LogP contribution in [0.2, 0.25) is 0 Å². The minimum absolute atomic E-state index is 0.156. The Balaban J connectivity index is 1.50. The van der Waals surface area contributed by atoms with Crippen LogP contribution in [0.15, 0.2) is 78.9 Å². The topological polar surface area (TPSA) is 51.2 Å². The number of ether oxygens (including phenoxy) is 1. The molecule has 4 aromatic rings. The number of rotatable bonds is 5. The van der Waals surface area contributed by atoms with Crippen molar-refractivity contribution in [3.05, 3.63) is 89.3 Å². The highest BCUT2D eigenvalue weighted by atomic mass is 32.1. The maximum atomic E-state index is 12.4. The maximum absolute atomic E-state index is 12.4. The highest BCUT2D eigenvalue weighted by Gasteiger charge is 2.12. The van der Waals surface area contributed by atoms with Gasteiger partial charge in [-0.1, -0.05) is 42.5 Å². The van der Waals surface area contributed by atoms with Gasteiger partial charge in [0.1, 0.15) is 10.8 Å². The Bertz CT molecular complexity index is 1120. The molecule has 144 valence electrons. The standard InChI is InChI=1S/C24H20N2O2S/c1-16-22(26-24(29-16)19-6-4-3-5-7-19)17-8-12-20(13-9-17)25-23(27)18-10-14-21(28-2)15-11-18/h3-15H,1-2H3,(H,25,27). The molecule has 0 fully saturated rings. The molecule has 1 heterocycles. The van der Waals surface area contributed by atoms with Gasteiger partial charge in [-0.2, -0.15) is 0 Å². The summed E-state index contributed by atoms with van der Waals surface area (Å²) >= 11 is 1.69. The molecule has 29 heavy (non-hydrogen) atoms. The van der Waals surface area contributed by atoms with Gasteiger partial charge in [0.15, 0.2) is 0 Å². The summed E-state index contributed by atoms with van der Waals surface area (Å²) in [6.45, 7) is 2.08. The molecule has 0 saturated carbocycles. The number of benzene rings is 3. The van der Waals surface area contributed by atoms with Crippen molar-refractivity contribution in [2.45, 2.75) is 6.92 Å². The average molecular weight is 401 g/mol. The lowest BCUT2D eigenvalue weighted by atomic mass is 10.1. The van der Waals surface area contributed by atoms with Gasteiger partial charge < -0.3 is 10.1 Å². The largest absolute Gasteiger partial charge is 0.497 e. The van der Waals surface area contributed by atoms with Gasteiger partial charge in [-0.15, -0.1) is 11.3 Å². The highest BCUT2D eigenvalue weighted by Crippen LogP contribution is 2.33. The van der Waals surface area contributed by atoms with Crippen LogP contribution in [0.4, 0.5) is 5.69 Å². The number of methoxy groups -OCH3 is 1. The van der Waals surface area contributed by atoms with Gasteiger partial charge >= 0.3 is 0 Å². The molecule has 5 heteroatoms. The number of hydrogen-bond acceptors (Lipinski definition) is 4. The molecule has 0 aliphatic carbocycles. The normalized spacial score (nSPS) is 10.6. The van der Waals surface area contributed by atoms with Crippen LogP contribution in [-0.2, 0) is 0 Å². The molecule has 1 amide bonds. The molecule has 1 aromatic heterocycles. The quantitative estimate of drug-likeness (QED) is 0.444. The number of carbonyl (C=O) groups excluding carboxylic acids is 1. The van der Waals surface area contributed by atoms with E-state index >= 15 is 0 Å². The fraction of sp³-hybridized carbons (Fsp3) is 0.0833. The molecular formula is C24H20N2O2S. The van der Waals surface area contributed by atoms with Crippen LogP contribution in [0.1, 0.15) is 15.2 Å². The van der Waals surface area contributed by atoms with Gasteiger partial charge in [-0.05, 0) is 43.3 Å². The summed E-state index contributed by atoms with van der Waals surface area (Å²) in [5.41, 5.74) is 4.45. The molecule has 3 aromatic carbocycles. The third-order valence-corrected chi connectivity index (χ3v) is 5.61. The second-order valence-corrected chi connectivity index (χ2v) is 7.75. The van der Waals surface area contributed by atoms with Crippen molar-refractivity contribution >= 4 is 22.9 Å². The van der Waals surface area contributed by atoms with Crippen LogP contribution in [0.5, 0.6) is 5.75 Å². The smallest absolute Gasteiger partial charge is 0.255 e. The average Bonchev–Trinajstić information content (AvgIpc) is 3.16. The van der Waals surface area contributed by atoms with Crippen LogP contribution in [-0.4, -0.2) is 18.0 Å². The van der Waals surface area contributed by atoms with E-state index in [0.29, 0.717) is 5.56 Å². The second-order valence-electron chi connectivity index (χ2n) is 6.55. The molecule has 0 spiro atoms. The Morgan fingerprint density at radius 2 is 1.59 bits per heavy atom. The van der Waals surface area contributed by atoms with E-state index in [1.54, 1.807) is 42.7 Å². The van der Waals surface area contributed by atoms with Crippen LogP contribution >= 0.6 is 11.3 Å².